The minimum atomic E-state index is -0.0433. The van der Waals surface area contributed by atoms with Gasteiger partial charge in [0.05, 0.1) is 0 Å². The predicted molar refractivity (Wildman–Crippen MR) is 144 cm³/mol. The lowest BCUT2D eigenvalue weighted by molar-refractivity contribution is 0.0513. The molecular formula is C31H52O2. The van der Waals surface area contributed by atoms with Crippen LogP contribution >= 0.6 is 0 Å². The van der Waals surface area contributed by atoms with Crippen molar-refractivity contribution in [3.8, 4) is 11.5 Å². The highest BCUT2D eigenvalue weighted by Crippen LogP contribution is 2.42. The van der Waals surface area contributed by atoms with Gasteiger partial charge in [0.1, 0.15) is 23.7 Å². The van der Waals surface area contributed by atoms with Crippen LogP contribution in [0, 0.1) is 31.6 Å². The van der Waals surface area contributed by atoms with Gasteiger partial charge in [0.25, 0.3) is 0 Å². The number of rotatable bonds is 15. The van der Waals surface area contributed by atoms with E-state index in [0.29, 0.717) is 6.61 Å². The standard InChI is InChI=1S/C31H52O2/c1-9-21-32-29-22-28-18-20-31(8,33-30(28)27(7)26(29)6)19-12-17-25(5)16-11-15-24(4)14-10-13-23(2)3/h9,22-25H,1,10-21H2,2-8H3/t24?,25?,31-/m1/s1. The van der Waals surface area contributed by atoms with Gasteiger partial charge in [0.2, 0.25) is 0 Å². The van der Waals surface area contributed by atoms with E-state index in [4.69, 9.17) is 9.47 Å². The van der Waals surface area contributed by atoms with Crippen LogP contribution in [0.5, 0.6) is 11.5 Å². The molecule has 33 heavy (non-hydrogen) atoms. The first kappa shape index (κ1) is 27.8. The smallest absolute Gasteiger partial charge is 0.126 e. The SMILES string of the molecule is C=CCOc1cc2c(c(C)c1C)O[C@](C)(CCCC(C)CCCC(C)CCCC(C)C)CC2. The van der Waals surface area contributed by atoms with Crippen molar-refractivity contribution in [1.29, 1.82) is 0 Å². The topological polar surface area (TPSA) is 18.5 Å². The summed E-state index contributed by atoms with van der Waals surface area (Å²) in [7, 11) is 0. The zero-order chi connectivity index (χ0) is 24.4. The van der Waals surface area contributed by atoms with Gasteiger partial charge < -0.3 is 9.47 Å². The Morgan fingerprint density at radius 1 is 0.970 bits per heavy atom. The fourth-order valence-corrected chi connectivity index (χ4v) is 5.23. The quantitative estimate of drug-likeness (QED) is 0.245. The van der Waals surface area contributed by atoms with Crippen LogP contribution in [0.3, 0.4) is 0 Å². The lowest BCUT2D eigenvalue weighted by Gasteiger charge is -2.37. The van der Waals surface area contributed by atoms with Crippen LogP contribution in [0.1, 0.15) is 116 Å². The first-order valence-electron chi connectivity index (χ1n) is 13.7. The molecule has 1 aromatic carbocycles. The highest BCUT2D eigenvalue weighted by Gasteiger charge is 2.33. The largest absolute Gasteiger partial charge is 0.489 e. The van der Waals surface area contributed by atoms with E-state index in [9.17, 15) is 0 Å². The van der Waals surface area contributed by atoms with Crippen LogP contribution in [0.25, 0.3) is 0 Å². The van der Waals surface area contributed by atoms with Gasteiger partial charge in [-0.2, -0.15) is 0 Å². The molecule has 0 N–H and O–H groups in total. The second-order valence-electron chi connectivity index (χ2n) is 11.6. The summed E-state index contributed by atoms with van der Waals surface area (Å²) >= 11 is 0. The average molecular weight is 457 g/mol. The molecule has 0 bridgehead atoms. The summed E-state index contributed by atoms with van der Waals surface area (Å²) in [6.07, 6.45) is 16.0. The summed E-state index contributed by atoms with van der Waals surface area (Å²) in [5.41, 5.74) is 3.67. The molecule has 1 aliphatic heterocycles. The van der Waals surface area contributed by atoms with Gasteiger partial charge in [-0.3, -0.25) is 0 Å². The molecule has 0 aliphatic carbocycles. The van der Waals surface area contributed by atoms with Crippen molar-refractivity contribution < 1.29 is 9.47 Å². The van der Waals surface area contributed by atoms with Crippen LogP contribution in [-0.2, 0) is 6.42 Å². The second kappa shape index (κ2) is 13.4. The van der Waals surface area contributed by atoms with Crippen molar-refractivity contribution in [1.82, 2.24) is 0 Å². The Hall–Kier alpha value is -1.44. The van der Waals surface area contributed by atoms with Crippen molar-refractivity contribution in [2.75, 3.05) is 6.61 Å². The van der Waals surface area contributed by atoms with E-state index in [1.807, 2.05) is 0 Å². The molecule has 1 aromatic rings. The van der Waals surface area contributed by atoms with Crippen molar-refractivity contribution in [2.45, 2.75) is 125 Å². The fraction of sp³-hybridized carbons (Fsp3) is 0.742. The van der Waals surface area contributed by atoms with Gasteiger partial charge in [-0.15, -0.1) is 0 Å². The van der Waals surface area contributed by atoms with E-state index in [-0.39, 0.29) is 5.60 Å². The molecule has 0 fully saturated rings. The Morgan fingerprint density at radius 3 is 2.18 bits per heavy atom. The van der Waals surface area contributed by atoms with Gasteiger partial charge in [0, 0.05) is 0 Å². The Labute approximate surface area is 205 Å². The Bertz CT molecular complexity index is 735. The monoisotopic (exact) mass is 456 g/mol. The molecule has 1 aliphatic rings. The molecule has 0 amide bonds. The maximum absolute atomic E-state index is 6.66. The van der Waals surface area contributed by atoms with Crippen LogP contribution in [-0.4, -0.2) is 12.2 Å². The van der Waals surface area contributed by atoms with E-state index in [0.717, 1.165) is 48.5 Å². The molecule has 0 saturated heterocycles. The number of fused-ring (bicyclic) bond motifs is 1. The van der Waals surface area contributed by atoms with E-state index in [1.54, 1.807) is 6.08 Å². The van der Waals surface area contributed by atoms with Gasteiger partial charge >= 0.3 is 0 Å². The highest BCUT2D eigenvalue weighted by molar-refractivity contribution is 5.53. The molecule has 2 rings (SSSR count). The third kappa shape index (κ3) is 9.02. The van der Waals surface area contributed by atoms with E-state index in [2.05, 4.69) is 61.1 Å². The lowest BCUT2D eigenvalue weighted by Crippen LogP contribution is -2.36. The van der Waals surface area contributed by atoms with Crippen LogP contribution < -0.4 is 9.47 Å². The molecule has 0 saturated carbocycles. The number of aryl methyl sites for hydroxylation is 1. The van der Waals surface area contributed by atoms with Crippen LogP contribution in [0.15, 0.2) is 18.7 Å². The fourth-order valence-electron chi connectivity index (χ4n) is 5.23. The van der Waals surface area contributed by atoms with Crippen LogP contribution in [0.4, 0.5) is 0 Å². The summed E-state index contributed by atoms with van der Waals surface area (Å²) in [5.74, 6) is 4.64. The third-order valence-corrected chi connectivity index (χ3v) is 7.77. The van der Waals surface area contributed by atoms with Crippen molar-refractivity contribution in [3.05, 3.63) is 35.4 Å². The van der Waals surface area contributed by atoms with Crippen molar-refractivity contribution in [2.24, 2.45) is 17.8 Å². The van der Waals surface area contributed by atoms with E-state index >= 15 is 0 Å². The van der Waals surface area contributed by atoms with Gasteiger partial charge in [-0.25, -0.2) is 0 Å². The lowest BCUT2D eigenvalue weighted by atomic mass is 9.85. The number of benzene rings is 1. The maximum atomic E-state index is 6.66. The van der Waals surface area contributed by atoms with Gasteiger partial charge in [-0.1, -0.05) is 85.3 Å². The minimum absolute atomic E-state index is 0.0433. The van der Waals surface area contributed by atoms with E-state index < -0.39 is 0 Å². The molecule has 1 heterocycles. The molecule has 2 nitrogen and oxygen atoms in total. The number of ether oxygens (including phenoxy) is 2. The Balaban J connectivity index is 1.75. The summed E-state index contributed by atoms with van der Waals surface area (Å²) in [6, 6.07) is 2.19. The summed E-state index contributed by atoms with van der Waals surface area (Å²) in [6.45, 7) is 20.5. The molecule has 0 radical (unpaired) electrons. The maximum Gasteiger partial charge on any atom is 0.126 e. The first-order chi connectivity index (χ1) is 15.6. The minimum Gasteiger partial charge on any atom is -0.489 e. The second-order valence-corrected chi connectivity index (χ2v) is 11.6. The van der Waals surface area contributed by atoms with Gasteiger partial charge in [0.15, 0.2) is 0 Å². The zero-order valence-electron chi connectivity index (χ0n) is 22.9. The summed E-state index contributed by atoms with van der Waals surface area (Å²) in [4.78, 5) is 0. The third-order valence-electron chi connectivity index (χ3n) is 7.77. The molecule has 2 unspecified atom stereocenters. The number of hydrogen-bond donors (Lipinski definition) is 0. The summed E-state index contributed by atoms with van der Waals surface area (Å²) in [5, 5.41) is 0. The normalized spacial score (nSPS) is 19.6. The predicted octanol–water partition coefficient (Wildman–Crippen LogP) is 9.39. The van der Waals surface area contributed by atoms with Gasteiger partial charge in [-0.05, 0) is 87.0 Å². The number of hydrogen-bond acceptors (Lipinski definition) is 2. The first-order valence-corrected chi connectivity index (χ1v) is 13.7. The zero-order valence-corrected chi connectivity index (χ0v) is 22.9. The molecule has 2 heteroatoms. The average Bonchev–Trinajstić information content (AvgIpc) is 2.75. The molecule has 0 aromatic heterocycles. The molecule has 188 valence electrons. The highest BCUT2D eigenvalue weighted by atomic mass is 16.5. The summed E-state index contributed by atoms with van der Waals surface area (Å²) < 4.78 is 12.5. The van der Waals surface area contributed by atoms with E-state index in [1.165, 1.54) is 68.1 Å². The Morgan fingerprint density at radius 2 is 1.58 bits per heavy atom. The van der Waals surface area contributed by atoms with Crippen molar-refractivity contribution >= 4 is 0 Å². The molecule has 0 spiro atoms. The molecular weight excluding hydrogens is 404 g/mol. The Kier molecular flexibility index (Phi) is 11.3. The van der Waals surface area contributed by atoms with Crippen molar-refractivity contribution in [3.63, 3.8) is 0 Å². The van der Waals surface area contributed by atoms with Crippen LogP contribution in [0.2, 0.25) is 0 Å². The molecule has 3 atom stereocenters.